The van der Waals surface area contributed by atoms with E-state index in [4.69, 9.17) is 14.5 Å². The molecular formula is C20H23N3O3S. The number of fused-ring (bicyclic) bond motifs is 2. The van der Waals surface area contributed by atoms with Crippen LogP contribution in [-0.4, -0.2) is 35.1 Å². The van der Waals surface area contributed by atoms with Crippen LogP contribution in [-0.2, 0) is 6.54 Å². The van der Waals surface area contributed by atoms with Gasteiger partial charge in [-0.2, -0.15) is 0 Å². The number of nitrogens with one attached hydrogen (secondary N) is 1. The number of H-pyrrole nitrogens is 1. The van der Waals surface area contributed by atoms with Crippen molar-refractivity contribution in [2.45, 2.75) is 33.4 Å². The average molecular weight is 385 g/mol. The molecule has 0 fully saturated rings. The number of nitrogens with zero attached hydrogens (tertiary/aromatic N) is 2. The fourth-order valence-electron chi connectivity index (χ4n) is 3.29. The molecule has 7 heteroatoms. The Balaban J connectivity index is 1.58. The first-order valence-electron chi connectivity index (χ1n) is 9.02. The molecule has 0 spiro atoms. The number of aromatic amines is 1. The van der Waals surface area contributed by atoms with Gasteiger partial charge in [-0.25, -0.2) is 4.98 Å². The Morgan fingerprint density at radius 3 is 2.78 bits per heavy atom. The van der Waals surface area contributed by atoms with Crippen LogP contribution in [0.4, 0.5) is 0 Å². The minimum Gasteiger partial charge on any atom is -0.486 e. The molecule has 0 saturated heterocycles. The quantitative estimate of drug-likeness (QED) is 0.744. The number of hydrogen-bond donors (Lipinski definition) is 1. The summed E-state index contributed by atoms with van der Waals surface area (Å²) in [5.74, 6) is 2.27. The molecule has 0 saturated carbocycles. The second-order valence-electron chi connectivity index (χ2n) is 6.98. The molecular weight excluding hydrogens is 362 g/mol. The summed E-state index contributed by atoms with van der Waals surface area (Å²) in [6.45, 7) is 7.93. The molecule has 6 nitrogen and oxygen atoms in total. The first-order valence-corrected chi connectivity index (χ1v) is 9.84. The maximum atomic E-state index is 12.5. The van der Waals surface area contributed by atoms with Gasteiger partial charge in [0.25, 0.3) is 5.56 Å². The summed E-state index contributed by atoms with van der Waals surface area (Å²) >= 11 is 1.58. The fraction of sp³-hybridized carbons (Fsp3) is 0.400. The molecule has 3 aromatic rings. The van der Waals surface area contributed by atoms with E-state index in [-0.39, 0.29) is 11.6 Å². The highest BCUT2D eigenvalue weighted by molar-refractivity contribution is 7.18. The second-order valence-corrected chi connectivity index (χ2v) is 8.19. The van der Waals surface area contributed by atoms with Crippen molar-refractivity contribution < 1.29 is 9.47 Å². The van der Waals surface area contributed by atoms with Crippen molar-refractivity contribution in [2.24, 2.45) is 0 Å². The maximum Gasteiger partial charge on any atom is 0.259 e. The zero-order valence-corrected chi connectivity index (χ0v) is 16.8. The van der Waals surface area contributed by atoms with Crippen molar-refractivity contribution in [3.8, 4) is 11.5 Å². The van der Waals surface area contributed by atoms with Crippen LogP contribution in [0.3, 0.4) is 0 Å². The lowest BCUT2D eigenvalue weighted by Gasteiger charge is -2.25. The van der Waals surface area contributed by atoms with Gasteiger partial charge in [0.2, 0.25) is 0 Å². The van der Waals surface area contributed by atoms with E-state index in [9.17, 15) is 4.79 Å². The van der Waals surface area contributed by atoms with E-state index in [1.807, 2.05) is 39.1 Å². The Morgan fingerprint density at radius 2 is 2.00 bits per heavy atom. The van der Waals surface area contributed by atoms with Gasteiger partial charge in [0.15, 0.2) is 11.5 Å². The molecule has 1 aromatic carbocycles. The molecule has 1 aliphatic rings. The van der Waals surface area contributed by atoms with Crippen molar-refractivity contribution >= 4 is 21.6 Å². The Hall–Kier alpha value is -2.38. The molecule has 0 radical (unpaired) electrons. The number of benzene rings is 1. The minimum atomic E-state index is -0.0589. The van der Waals surface area contributed by atoms with Crippen LogP contribution in [0, 0.1) is 13.8 Å². The van der Waals surface area contributed by atoms with Gasteiger partial charge in [-0.05, 0) is 51.1 Å². The van der Waals surface area contributed by atoms with Gasteiger partial charge in [-0.15, -0.1) is 11.3 Å². The number of aromatic nitrogens is 2. The van der Waals surface area contributed by atoms with Gasteiger partial charge in [0.05, 0.1) is 11.4 Å². The highest BCUT2D eigenvalue weighted by Gasteiger charge is 2.19. The van der Waals surface area contributed by atoms with Crippen LogP contribution in [0.15, 0.2) is 23.0 Å². The van der Waals surface area contributed by atoms with Gasteiger partial charge in [0, 0.05) is 11.4 Å². The number of thiophene rings is 1. The molecule has 1 unspecified atom stereocenters. The third-order valence-corrected chi connectivity index (χ3v) is 6.25. The first kappa shape index (κ1) is 18.0. The largest absolute Gasteiger partial charge is 0.486 e. The Bertz CT molecular complexity index is 1060. The number of aryl methyl sites for hydroxylation is 2. The third-order valence-electron chi connectivity index (χ3n) is 5.15. The van der Waals surface area contributed by atoms with Crippen molar-refractivity contribution in [3.05, 3.63) is 50.4 Å². The van der Waals surface area contributed by atoms with Crippen LogP contribution < -0.4 is 15.0 Å². The molecule has 1 N–H and O–H groups in total. The summed E-state index contributed by atoms with van der Waals surface area (Å²) in [5, 5.41) is 0.711. The Kier molecular flexibility index (Phi) is 4.65. The monoisotopic (exact) mass is 385 g/mol. The average Bonchev–Trinajstić information content (AvgIpc) is 2.95. The van der Waals surface area contributed by atoms with E-state index in [1.165, 1.54) is 0 Å². The summed E-state index contributed by atoms with van der Waals surface area (Å²) in [4.78, 5) is 24.3. The van der Waals surface area contributed by atoms with E-state index in [0.29, 0.717) is 31.0 Å². The minimum absolute atomic E-state index is 0.0296. The first-order chi connectivity index (χ1) is 12.9. The van der Waals surface area contributed by atoms with Crippen LogP contribution >= 0.6 is 11.3 Å². The highest BCUT2D eigenvalue weighted by atomic mass is 32.1. The molecule has 0 amide bonds. The molecule has 1 aliphatic heterocycles. The third kappa shape index (κ3) is 3.33. The van der Waals surface area contributed by atoms with Crippen LogP contribution in [0.5, 0.6) is 11.5 Å². The van der Waals surface area contributed by atoms with Crippen molar-refractivity contribution in [1.82, 2.24) is 14.9 Å². The number of ether oxygens (including phenoxy) is 2. The number of rotatable bonds is 4. The van der Waals surface area contributed by atoms with E-state index in [1.54, 1.807) is 11.3 Å². The lowest BCUT2D eigenvalue weighted by atomic mass is 10.1. The van der Waals surface area contributed by atoms with Gasteiger partial charge in [-0.3, -0.25) is 9.69 Å². The Labute approximate surface area is 161 Å². The topological polar surface area (TPSA) is 67.5 Å². The molecule has 0 bridgehead atoms. The summed E-state index contributed by atoms with van der Waals surface area (Å²) in [7, 11) is 2.02. The van der Waals surface area contributed by atoms with Gasteiger partial charge in [-0.1, -0.05) is 6.07 Å². The Morgan fingerprint density at radius 1 is 1.26 bits per heavy atom. The molecule has 1 atom stereocenters. The maximum absolute atomic E-state index is 12.5. The van der Waals surface area contributed by atoms with E-state index in [0.717, 1.165) is 32.3 Å². The van der Waals surface area contributed by atoms with E-state index >= 15 is 0 Å². The van der Waals surface area contributed by atoms with Crippen molar-refractivity contribution in [2.75, 3.05) is 20.3 Å². The molecule has 3 heterocycles. The molecule has 0 aliphatic carbocycles. The van der Waals surface area contributed by atoms with Gasteiger partial charge >= 0.3 is 0 Å². The smallest absolute Gasteiger partial charge is 0.259 e. The molecule has 142 valence electrons. The molecule has 4 rings (SSSR count). The summed E-state index contributed by atoms with van der Waals surface area (Å²) in [6, 6.07) is 5.98. The second kappa shape index (κ2) is 6.98. The van der Waals surface area contributed by atoms with E-state index < -0.39 is 0 Å². The summed E-state index contributed by atoms with van der Waals surface area (Å²) in [6.07, 6.45) is 0. The van der Waals surface area contributed by atoms with Crippen LogP contribution in [0.2, 0.25) is 0 Å². The predicted octanol–water partition coefficient (Wildman–Crippen LogP) is 3.57. The standard InChI is InChI=1S/C20H23N3O3S/c1-11-13(3)27-20-17(11)19(24)21-18(22-20)12(2)23(4)10-14-5-6-15-16(9-14)26-8-7-25-15/h5-6,9,12H,7-8,10H2,1-4H3,(H,21,22,24). The van der Waals surface area contributed by atoms with Crippen molar-refractivity contribution in [3.63, 3.8) is 0 Å². The summed E-state index contributed by atoms with van der Waals surface area (Å²) < 4.78 is 11.2. The fourth-order valence-corrected chi connectivity index (χ4v) is 4.33. The van der Waals surface area contributed by atoms with Crippen LogP contribution in [0.1, 0.15) is 34.8 Å². The SMILES string of the molecule is Cc1sc2nc(C(C)N(C)Cc3ccc4c(c3)OCCO4)[nH]c(=O)c2c1C. The normalized spacial score (nSPS) is 14.7. The zero-order valence-electron chi connectivity index (χ0n) is 16.0. The molecule has 27 heavy (non-hydrogen) atoms. The highest BCUT2D eigenvalue weighted by Crippen LogP contribution is 2.32. The van der Waals surface area contributed by atoms with Gasteiger partial charge < -0.3 is 14.5 Å². The van der Waals surface area contributed by atoms with Gasteiger partial charge in [0.1, 0.15) is 23.9 Å². The lowest BCUT2D eigenvalue weighted by Crippen LogP contribution is -2.26. The molecule has 2 aromatic heterocycles. The summed E-state index contributed by atoms with van der Waals surface area (Å²) in [5.41, 5.74) is 2.09. The van der Waals surface area contributed by atoms with Crippen LogP contribution in [0.25, 0.3) is 10.2 Å². The van der Waals surface area contributed by atoms with Crippen molar-refractivity contribution in [1.29, 1.82) is 0 Å². The van der Waals surface area contributed by atoms with E-state index in [2.05, 4.69) is 16.8 Å². The predicted molar refractivity (Wildman–Crippen MR) is 107 cm³/mol. The number of hydrogen-bond acceptors (Lipinski definition) is 6. The zero-order chi connectivity index (χ0) is 19.1. The lowest BCUT2D eigenvalue weighted by molar-refractivity contribution is 0.171.